The van der Waals surface area contributed by atoms with Crippen LogP contribution in [0.25, 0.3) is 0 Å². The van der Waals surface area contributed by atoms with Crippen LogP contribution in [0.3, 0.4) is 0 Å². The molecule has 25 heavy (non-hydrogen) atoms. The summed E-state index contributed by atoms with van der Waals surface area (Å²) in [6.07, 6.45) is 1.47. The minimum Gasteiger partial charge on any atom is -0.497 e. The van der Waals surface area contributed by atoms with Crippen LogP contribution in [0, 0.1) is 0 Å². The van der Waals surface area contributed by atoms with Crippen molar-refractivity contribution in [3.8, 4) is 5.75 Å². The summed E-state index contributed by atoms with van der Waals surface area (Å²) in [5.74, 6) is -0.103. The van der Waals surface area contributed by atoms with Gasteiger partial charge < -0.3 is 19.5 Å². The second kappa shape index (κ2) is 7.81. The summed E-state index contributed by atoms with van der Waals surface area (Å²) < 4.78 is 16.4. The van der Waals surface area contributed by atoms with Crippen LogP contribution < -0.4 is 15.4 Å². The maximum absolute atomic E-state index is 12.0. The Morgan fingerprint density at radius 2 is 1.80 bits per heavy atom. The molecule has 2 aliphatic rings. The number of rotatable bonds is 4. The molecule has 8 nitrogen and oxygen atoms in total. The van der Waals surface area contributed by atoms with Gasteiger partial charge in [0.05, 0.1) is 26.9 Å². The quantitative estimate of drug-likeness (QED) is 0.849. The predicted molar refractivity (Wildman–Crippen MR) is 90.5 cm³/mol. The van der Waals surface area contributed by atoms with Gasteiger partial charge in [-0.05, 0) is 24.3 Å². The van der Waals surface area contributed by atoms with Crippen molar-refractivity contribution in [2.75, 3.05) is 45.3 Å². The number of nitrogens with one attached hydrogen (secondary N) is 2. The van der Waals surface area contributed by atoms with E-state index in [9.17, 15) is 9.59 Å². The van der Waals surface area contributed by atoms with Gasteiger partial charge in [-0.25, -0.2) is 4.79 Å². The largest absolute Gasteiger partial charge is 0.497 e. The molecule has 8 heteroatoms. The molecule has 2 heterocycles. The standard InChI is InChI=1S/C17H23N3O5/c1-23-14-4-2-13(3-5-14)18-16(22)19-15(21)12-20-8-6-17(7-9-20)24-10-11-25-17/h2-5H,6-12H2,1H3,(H2,18,19,21,22). The van der Waals surface area contributed by atoms with Gasteiger partial charge in [0.2, 0.25) is 5.91 Å². The Hall–Kier alpha value is -2.16. The number of carbonyl (C=O) groups is 2. The van der Waals surface area contributed by atoms with Crippen LogP contribution in [-0.4, -0.2) is 62.6 Å². The SMILES string of the molecule is COc1ccc(NC(=O)NC(=O)CN2CCC3(CC2)OCCO3)cc1. The Bertz CT molecular complexity index is 603. The molecule has 2 N–H and O–H groups in total. The number of benzene rings is 1. The molecule has 0 aliphatic carbocycles. The predicted octanol–water partition coefficient (Wildman–Crippen LogP) is 1.18. The fraction of sp³-hybridized carbons (Fsp3) is 0.529. The smallest absolute Gasteiger partial charge is 0.325 e. The zero-order valence-electron chi connectivity index (χ0n) is 14.2. The molecule has 0 unspecified atom stereocenters. The van der Waals surface area contributed by atoms with Gasteiger partial charge >= 0.3 is 6.03 Å². The van der Waals surface area contributed by atoms with Gasteiger partial charge in [-0.2, -0.15) is 0 Å². The number of carbonyl (C=O) groups excluding carboxylic acids is 2. The Morgan fingerprint density at radius 3 is 2.40 bits per heavy atom. The van der Waals surface area contributed by atoms with Crippen LogP contribution in [0.2, 0.25) is 0 Å². The van der Waals surface area contributed by atoms with Gasteiger partial charge in [-0.1, -0.05) is 0 Å². The third-order valence-electron chi connectivity index (χ3n) is 4.40. The number of urea groups is 1. The second-order valence-corrected chi connectivity index (χ2v) is 6.11. The zero-order chi connectivity index (χ0) is 17.7. The lowest BCUT2D eigenvalue weighted by Gasteiger charge is -2.37. The molecular weight excluding hydrogens is 326 g/mol. The topological polar surface area (TPSA) is 89.1 Å². The molecule has 1 spiro atoms. The molecule has 3 rings (SSSR count). The van der Waals surface area contributed by atoms with E-state index >= 15 is 0 Å². The highest BCUT2D eigenvalue weighted by Crippen LogP contribution is 2.30. The Labute approximate surface area is 146 Å². The van der Waals surface area contributed by atoms with E-state index in [1.807, 2.05) is 4.90 Å². The van der Waals surface area contributed by atoms with Crippen molar-refractivity contribution in [3.63, 3.8) is 0 Å². The van der Waals surface area contributed by atoms with E-state index < -0.39 is 11.8 Å². The summed E-state index contributed by atoms with van der Waals surface area (Å²) in [7, 11) is 1.57. The third kappa shape index (κ3) is 4.68. The Kier molecular flexibility index (Phi) is 5.52. The first kappa shape index (κ1) is 17.7. The van der Waals surface area contributed by atoms with Gasteiger partial charge in [-0.3, -0.25) is 15.0 Å². The second-order valence-electron chi connectivity index (χ2n) is 6.11. The molecule has 1 aromatic rings. The minimum absolute atomic E-state index is 0.173. The summed E-state index contributed by atoms with van der Waals surface area (Å²) in [4.78, 5) is 25.9. The maximum Gasteiger partial charge on any atom is 0.325 e. The molecule has 0 aromatic heterocycles. The van der Waals surface area contributed by atoms with Crippen LogP contribution in [0.4, 0.5) is 10.5 Å². The number of likely N-dealkylation sites (tertiary alicyclic amines) is 1. The van der Waals surface area contributed by atoms with Crippen molar-refractivity contribution in [2.24, 2.45) is 0 Å². The zero-order valence-corrected chi connectivity index (χ0v) is 14.2. The van der Waals surface area contributed by atoms with Crippen LogP contribution in [0.5, 0.6) is 5.75 Å². The number of piperidine rings is 1. The van der Waals surface area contributed by atoms with Crippen molar-refractivity contribution in [2.45, 2.75) is 18.6 Å². The lowest BCUT2D eigenvalue weighted by molar-refractivity contribution is -0.185. The van der Waals surface area contributed by atoms with Crippen molar-refractivity contribution in [1.29, 1.82) is 0 Å². The summed E-state index contributed by atoms with van der Waals surface area (Å²) >= 11 is 0. The van der Waals surface area contributed by atoms with Crippen LogP contribution in [0.1, 0.15) is 12.8 Å². The van der Waals surface area contributed by atoms with Gasteiger partial charge in [0.15, 0.2) is 5.79 Å². The molecule has 2 fully saturated rings. The Morgan fingerprint density at radius 1 is 1.16 bits per heavy atom. The molecule has 0 bridgehead atoms. The van der Waals surface area contributed by atoms with Crippen molar-refractivity contribution in [1.82, 2.24) is 10.2 Å². The average Bonchev–Trinajstić information content (AvgIpc) is 3.06. The highest BCUT2D eigenvalue weighted by atomic mass is 16.7. The normalized spacial score (nSPS) is 19.6. The highest BCUT2D eigenvalue weighted by molar-refractivity contribution is 6.01. The van der Waals surface area contributed by atoms with E-state index in [2.05, 4.69) is 10.6 Å². The van der Waals surface area contributed by atoms with Crippen molar-refractivity contribution in [3.05, 3.63) is 24.3 Å². The number of amides is 3. The number of hydrogen-bond donors (Lipinski definition) is 2. The third-order valence-corrected chi connectivity index (χ3v) is 4.40. The van der Waals surface area contributed by atoms with Crippen molar-refractivity contribution >= 4 is 17.6 Å². The van der Waals surface area contributed by atoms with Crippen LogP contribution in [0.15, 0.2) is 24.3 Å². The van der Waals surface area contributed by atoms with E-state index in [-0.39, 0.29) is 12.5 Å². The van der Waals surface area contributed by atoms with Crippen molar-refractivity contribution < 1.29 is 23.8 Å². The highest BCUT2D eigenvalue weighted by Gasteiger charge is 2.39. The first-order valence-electron chi connectivity index (χ1n) is 8.34. The lowest BCUT2D eigenvalue weighted by atomic mass is 10.0. The van der Waals surface area contributed by atoms with E-state index in [1.165, 1.54) is 0 Å². The maximum atomic E-state index is 12.0. The minimum atomic E-state index is -0.550. The van der Waals surface area contributed by atoms with Crippen LogP contribution in [-0.2, 0) is 14.3 Å². The van der Waals surface area contributed by atoms with Gasteiger partial charge in [-0.15, -0.1) is 0 Å². The molecule has 0 saturated carbocycles. The van der Waals surface area contributed by atoms with Crippen LogP contribution >= 0.6 is 0 Å². The first-order chi connectivity index (χ1) is 12.1. The number of anilines is 1. The average molecular weight is 349 g/mol. The fourth-order valence-electron chi connectivity index (χ4n) is 3.04. The van der Waals surface area contributed by atoms with Gasteiger partial charge in [0.1, 0.15) is 5.75 Å². The van der Waals surface area contributed by atoms with E-state index in [0.717, 1.165) is 12.8 Å². The summed E-state index contributed by atoms with van der Waals surface area (Å²) in [5, 5.41) is 4.96. The molecule has 2 aliphatic heterocycles. The summed E-state index contributed by atoms with van der Waals surface area (Å²) in [5.41, 5.74) is 0.585. The molecule has 136 valence electrons. The Balaban J connectivity index is 1.40. The van der Waals surface area contributed by atoms with E-state index in [0.29, 0.717) is 37.7 Å². The van der Waals surface area contributed by atoms with E-state index in [4.69, 9.17) is 14.2 Å². The molecule has 2 saturated heterocycles. The number of imide groups is 1. The van der Waals surface area contributed by atoms with E-state index in [1.54, 1.807) is 31.4 Å². The fourth-order valence-corrected chi connectivity index (χ4v) is 3.04. The summed E-state index contributed by atoms with van der Waals surface area (Å²) in [6, 6.07) is 6.32. The molecular formula is C17H23N3O5. The monoisotopic (exact) mass is 349 g/mol. The number of nitrogens with zero attached hydrogens (tertiary/aromatic N) is 1. The first-order valence-corrected chi connectivity index (χ1v) is 8.34. The number of methoxy groups -OCH3 is 1. The van der Waals surface area contributed by atoms with Gasteiger partial charge in [0.25, 0.3) is 0 Å². The molecule has 3 amide bonds. The number of ether oxygens (including phenoxy) is 3. The lowest BCUT2D eigenvalue weighted by Crippen LogP contribution is -2.49. The van der Waals surface area contributed by atoms with Gasteiger partial charge in [0, 0.05) is 31.6 Å². The molecule has 1 aromatic carbocycles. The summed E-state index contributed by atoms with van der Waals surface area (Å²) in [6.45, 7) is 2.84. The molecule has 0 atom stereocenters. The number of hydrogen-bond acceptors (Lipinski definition) is 6. The molecule has 0 radical (unpaired) electrons.